The first kappa shape index (κ1) is 20.4. The molecule has 1 N–H and O–H groups in total. The zero-order valence-corrected chi connectivity index (χ0v) is 18.3. The van der Waals surface area contributed by atoms with Crippen molar-refractivity contribution in [2.24, 2.45) is 5.92 Å². The van der Waals surface area contributed by atoms with E-state index in [4.69, 9.17) is 9.72 Å². The van der Waals surface area contributed by atoms with Crippen LogP contribution in [0.1, 0.15) is 49.1 Å². The minimum absolute atomic E-state index is 0.492. The van der Waals surface area contributed by atoms with Gasteiger partial charge in [0.25, 0.3) is 0 Å². The second kappa shape index (κ2) is 8.21. The molecule has 0 unspecified atom stereocenters. The van der Waals surface area contributed by atoms with E-state index in [0.717, 1.165) is 27.6 Å². The zero-order valence-electron chi connectivity index (χ0n) is 17.5. The Morgan fingerprint density at radius 3 is 2.26 bits per heavy atom. The molecule has 0 saturated heterocycles. The van der Waals surface area contributed by atoms with Crippen LogP contribution in [0.25, 0.3) is 10.4 Å². The molecule has 2 aliphatic rings. The predicted molar refractivity (Wildman–Crippen MR) is 122 cm³/mol. The fourth-order valence-corrected chi connectivity index (χ4v) is 5.79. The highest BCUT2D eigenvalue weighted by Crippen LogP contribution is 2.51. The van der Waals surface area contributed by atoms with Crippen molar-refractivity contribution in [3.8, 4) is 10.4 Å². The average molecular weight is 434 g/mol. The maximum Gasteiger partial charge on any atom is 0.314 e. The summed E-state index contributed by atoms with van der Waals surface area (Å²) in [6.07, 6.45) is 6.84. The van der Waals surface area contributed by atoms with Crippen molar-refractivity contribution in [1.82, 2.24) is 4.98 Å². The van der Waals surface area contributed by atoms with E-state index in [1.54, 1.807) is 11.3 Å². The number of ether oxygens (including phenoxy) is 1. The Morgan fingerprint density at radius 2 is 1.65 bits per heavy atom. The summed E-state index contributed by atoms with van der Waals surface area (Å²) in [5.41, 5.74) is 0.701. The number of nitrogens with zero attached hydrogens (tertiary/aromatic N) is 1. The van der Waals surface area contributed by atoms with Crippen molar-refractivity contribution in [2.75, 3.05) is 6.61 Å². The average Bonchev–Trinajstić information content (AvgIpc) is 3.52. The summed E-state index contributed by atoms with van der Waals surface area (Å²) in [5, 5.41) is 11.2. The number of aliphatic carboxylic acids is 1. The monoisotopic (exact) mass is 433 g/mol. The van der Waals surface area contributed by atoms with Crippen LogP contribution in [0.2, 0.25) is 0 Å². The van der Waals surface area contributed by atoms with Gasteiger partial charge in [0.05, 0.1) is 16.9 Å². The fraction of sp³-hybridized carbons (Fsp3) is 0.385. The third-order valence-electron chi connectivity index (χ3n) is 6.89. The Morgan fingerprint density at radius 1 is 1.00 bits per heavy atom. The first-order valence-electron chi connectivity index (χ1n) is 11.1. The molecule has 2 aromatic carbocycles. The molecule has 5 rings (SSSR count). The summed E-state index contributed by atoms with van der Waals surface area (Å²) in [4.78, 5) is 18.4. The minimum atomic E-state index is -0.854. The Labute approximate surface area is 186 Å². The molecule has 5 heteroatoms. The van der Waals surface area contributed by atoms with Gasteiger partial charge in [-0.1, -0.05) is 60.7 Å². The Kier molecular flexibility index (Phi) is 5.40. The number of carboxylic acid groups (broad SMARTS) is 1. The highest BCUT2D eigenvalue weighted by atomic mass is 32.1. The first-order chi connectivity index (χ1) is 15.1. The Bertz CT molecular complexity index is 1030. The topological polar surface area (TPSA) is 59.4 Å². The predicted octanol–water partition coefficient (Wildman–Crippen LogP) is 6.03. The van der Waals surface area contributed by atoms with Crippen LogP contribution in [-0.4, -0.2) is 22.7 Å². The molecule has 0 atom stereocenters. The van der Waals surface area contributed by atoms with Crippen molar-refractivity contribution < 1.29 is 14.6 Å². The Hall–Kier alpha value is -2.50. The molecule has 0 bridgehead atoms. The van der Waals surface area contributed by atoms with Gasteiger partial charge in [-0.25, -0.2) is 4.98 Å². The molecule has 3 aromatic rings. The van der Waals surface area contributed by atoms with Gasteiger partial charge in [0.15, 0.2) is 0 Å². The van der Waals surface area contributed by atoms with Crippen molar-refractivity contribution in [3.05, 3.63) is 77.4 Å². The van der Waals surface area contributed by atoms with Gasteiger partial charge in [-0.3, -0.25) is 4.79 Å². The maximum atomic E-state index is 12.4. The molecule has 2 saturated carbocycles. The normalized spacial score (nSPS) is 25.9. The zero-order chi connectivity index (χ0) is 21.3. The van der Waals surface area contributed by atoms with Gasteiger partial charge in [-0.05, 0) is 55.6 Å². The van der Waals surface area contributed by atoms with Crippen LogP contribution in [-0.2, 0) is 20.5 Å². The molecule has 31 heavy (non-hydrogen) atoms. The summed E-state index contributed by atoms with van der Waals surface area (Å²) in [5.74, 6) is -0.0932. The smallest absolute Gasteiger partial charge is 0.314 e. The Balaban J connectivity index is 1.45. The molecule has 1 heterocycles. The SMILES string of the molecule is O=C(O)C1(c2ccccc2)CCC(OCC2CC2)(c2ncc(-c3ccccc3)s2)CC1. The standard InChI is InChI=1S/C26H27NO3S/c28-24(29)25(21-9-5-2-6-10-21)13-15-26(16-14-25,30-18-19-11-12-19)23-27-17-22(31-23)20-7-3-1-4-8-20/h1-10,17,19H,11-16,18H2,(H,28,29). The van der Waals surface area contributed by atoms with Crippen molar-refractivity contribution in [1.29, 1.82) is 0 Å². The van der Waals surface area contributed by atoms with Gasteiger partial charge in [0.1, 0.15) is 10.6 Å². The third kappa shape index (κ3) is 3.92. The van der Waals surface area contributed by atoms with E-state index >= 15 is 0 Å². The minimum Gasteiger partial charge on any atom is -0.481 e. The molecule has 2 aliphatic carbocycles. The van der Waals surface area contributed by atoms with E-state index in [1.165, 1.54) is 12.8 Å². The lowest BCUT2D eigenvalue weighted by Crippen LogP contribution is -2.46. The van der Waals surface area contributed by atoms with Crippen LogP contribution in [0.5, 0.6) is 0 Å². The van der Waals surface area contributed by atoms with Crippen LogP contribution in [0.15, 0.2) is 66.9 Å². The van der Waals surface area contributed by atoms with Gasteiger partial charge in [-0.15, -0.1) is 11.3 Å². The van der Waals surface area contributed by atoms with E-state index in [1.807, 2.05) is 54.7 Å². The highest BCUT2D eigenvalue weighted by molar-refractivity contribution is 7.15. The lowest BCUT2D eigenvalue weighted by Gasteiger charge is -2.43. The number of aromatic nitrogens is 1. The molecule has 0 amide bonds. The number of carbonyl (C=O) groups is 1. The van der Waals surface area contributed by atoms with E-state index < -0.39 is 17.0 Å². The molecule has 160 valence electrons. The molecule has 4 nitrogen and oxygen atoms in total. The first-order valence-corrected chi connectivity index (χ1v) is 11.9. The molecular weight excluding hydrogens is 406 g/mol. The summed E-state index contributed by atoms with van der Waals surface area (Å²) < 4.78 is 6.59. The maximum absolute atomic E-state index is 12.4. The number of hydrogen-bond donors (Lipinski definition) is 1. The number of rotatable bonds is 7. The molecule has 0 radical (unpaired) electrons. The van der Waals surface area contributed by atoms with Gasteiger partial charge in [-0.2, -0.15) is 0 Å². The quantitative estimate of drug-likeness (QED) is 0.494. The van der Waals surface area contributed by atoms with Crippen LogP contribution >= 0.6 is 11.3 Å². The van der Waals surface area contributed by atoms with E-state index in [9.17, 15) is 9.90 Å². The highest BCUT2D eigenvalue weighted by Gasteiger charge is 2.51. The van der Waals surface area contributed by atoms with E-state index in [2.05, 4.69) is 12.1 Å². The number of carboxylic acids is 1. The van der Waals surface area contributed by atoms with Crippen molar-refractivity contribution >= 4 is 17.3 Å². The number of benzene rings is 2. The summed E-state index contributed by atoms with van der Waals surface area (Å²) in [6.45, 7) is 0.742. The third-order valence-corrected chi connectivity index (χ3v) is 8.12. The summed E-state index contributed by atoms with van der Waals surface area (Å²) in [7, 11) is 0. The molecular formula is C26H27NO3S. The molecule has 0 aliphatic heterocycles. The largest absolute Gasteiger partial charge is 0.481 e. The molecule has 2 fully saturated rings. The van der Waals surface area contributed by atoms with Gasteiger partial charge < -0.3 is 9.84 Å². The molecule has 0 spiro atoms. The van der Waals surface area contributed by atoms with Crippen molar-refractivity contribution in [2.45, 2.75) is 49.5 Å². The van der Waals surface area contributed by atoms with Gasteiger partial charge >= 0.3 is 5.97 Å². The van der Waals surface area contributed by atoms with Gasteiger partial charge in [0.2, 0.25) is 0 Å². The second-order valence-electron chi connectivity index (χ2n) is 8.90. The summed E-state index contributed by atoms with van der Waals surface area (Å²) >= 11 is 1.68. The van der Waals surface area contributed by atoms with Crippen molar-refractivity contribution in [3.63, 3.8) is 0 Å². The van der Waals surface area contributed by atoms with E-state index in [-0.39, 0.29) is 0 Å². The number of hydrogen-bond acceptors (Lipinski definition) is 4. The molecule has 1 aromatic heterocycles. The van der Waals surface area contributed by atoms with E-state index in [0.29, 0.717) is 31.6 Å². The summed E-state index contributed by atoms with van der Waals surface area (Å²) in [6, 6.07) is 20.0. The van der Waals surface area contributed by atoms with Crippen LogP contribution < -0.4 is 0 Å². The van der Waals surface area contributed by atoms with Crippen LogP contribution in [0.4, 0.5) is 0 Å². The lowest BCUT2D eigenvalue weighted by molar-refractivity contribution is -0.151. The number of thiazole rings is 1. The van der Waals surface area contributed by atoms with Gasteiger partial charge in [0, 0.05) is 6.20 Å². The van der Waals surface area contributed by atoms with Crippen LogP contribution in [0, 0.1) is 5.92 Å². The second-order valence-corrected chi connectivity index (χ2v) is 9.93. The lowest BCUT2D eigenvalue weighted by atomic mass is 9.65. The van der Waals surface area contributed by atoms with Crippen LogP contribution in [0.3, 0.4) is 0 Å². The fourth-order valence-electron chi connectivity index (χ4n) is 4.67.